The van der Waals surface area contributed by atoms with E-state index in [0.29, 0.717) is 33.5 Å². The van der Waals surface area contributed by atoms with E-state index in [4.69, 9.17) is 37.4 Å². The van der Waals surface area contributed by atoms with Gasteiger partial charge in [-0.3, -0.25) is 15.0 Å². The van der Waals surface area contributed by atoms with Crippen molar-refractivity contribution in [2.45, 2.75) is 0 Å². The first-order chi connectivity index (χ1) is 13.4. The molecule has 0 bridgehead atoms. The van der Waals surface area contributed by atoms with Gasteiger partial charge in [0.25, 0.3) is 11.8 Å². The highest BCUT2D eigenvalue weighted by molar-refractivity contribution is 6.42. The minimum Gasteiger partial charge on any atom is -0.493 e. The number of hydrogen-bond acceptors (Lipinski definition) is 5. The minimum absolute atomic E-state index is 0.0552. The van der Waals surface area contributed by atoms with Gasteiger partial charge < -0.3 is 14.2 Å². The number of rotatable bonds is 5. The highest BCUT2D eigenvalue weighted by Gasteiger charge is 2.34. The summed E-state index contributed by atoms with van der Waals surface area (Å²) in [7, 11) is 4.45. The number of ether oxygens (including phenoxy) is 3. The zero-order valence-corrected chi connectivity index (χ0v) is 16.7. The van der Waals surface area contributed by atoms with Gasteiger partial charge >= 0.3 is 0 Å². The summed E-state index contributed by atoms with van der Waals surface area (Å²) >= 11 is 11.9. The van der Waals surface area contributed by atoms with Crippen LogP contribution in [0.2, 0.25) is 10.0 Å². The molecule has 0 spiro atoms. The van der Waals surface area contributed by atoms with E-state index in [1.807, 2.05) is 0 Å². The molecule has 0 radical (unpaired) electrons. The second-order valence-corrected chi connectivity index (χ2v) is 6.51. The molecule has 146 valence electrons. The Morgan fingerprint density at radius 1 is 0.929 bits per heavy atom. The molecule has 1 heterocycles. The fourth-order valence-corrected chi connectivity index (χ4v) is 3.01. The molecule has 1 fully saturated rings. The molecular formula is C19H16Cl2N2O5. The molecule has 28 heavy (non-hydrogen) atoms. The third-order valence-corrected chi connectivity index (χ3v) is 4.79. The monoisotopic (exact) mass is 422 g/mol. The van der Waals surface area contributed by atoms with E-state index in [2.05, 4.69) is 5.43 Å². The molecule has 3 rings (SSSR count). The number of carbonyl (C=O) groups excluding carboxylic acids is 2. The first kappa shape index (κ1) is 19.9. The van der Waals surface area contributed by atoms with Crippen molar-refractivity contribution in [2.75, 3.05) is 26.3 Å². The Labute approximate surface area is 171 Å². The Morgan fingerprint density at radius 3 is 2.11 bits per heavy atom. The number of benzene rings is 2. The van der Waals surface area contributed by atoms with Crippen molar-refractivity contribution in [2.24, 2.45) is 0 Å². The molecular weight excluding hydrogens is 407 g/mol. The van der Waals surface area contributed by atoms with Crippen molar-refractivity contribution in [3.8, 4) is 17.2 Å². The molecule has 0 saturated carbocycles. The number of nitrogens with zero attached hydrogens (tertiary/aromatic N) is 1. The Balaban J connectivity index is 1.99. The van der Waals surface area contributed by atoms with Gasteiger partial charge in [-0.25, -0.2) is 5.01 Å². The first-order valence-electron chi connectivity index (χ1n) is 8.01. The Morgan fingerprint density at radius 2 is 1.57 bits per heavy atom. The van der Waals surface area contributed by atoms with E-state index in [-0.39, 0.29) is 10.6 Å². The summed E-state index contributed by atoms with van der Waals surface area (Å²) in [5, 5.41) is 1.72. The van der Waals surface area contributed by atoms with Crippen LogP contribution in [0.5, 0.6) is 17.2 Å². The van der Waals surface area contributed by atoms with Gasteiger partial charge in [0.1, 0.15) is 5.57 Å². The predicted octanol–water partition coefficient (Wildman–Crippen LogP) is 3.48. The summed E-state index contributed by atoms with van der Waals surface area (Å²) in [6.45, 7) is 0. The number of hydrazine groups is 1. The van der Waals surface area contributed by atoms with Gasteiger partial charge in [-0.1, -0.05) is 23.2 Å². The molecule has 9 heteroatoms. The molecule has 0 atom stereocenters. The van der Waals surface area contributed by atoms with Crippen LogP contribution >= 0.6 is 23.2 Å². The number of halogens is 2. The molecule has 1 aliphatic heterocycles. The fourth-order valence-electron chi connectivity index (χ4n) is 2.71. The number of nitrogens with one attached hydrogen (secondary N) is 1. The van der Waals surface area contributed by atoms with E-state index < -0.39 is 11.8 Å². The molecule has 0 unspecified atom stereocenters. The topological polar surface area (TPSA) is 77.1 Å². The lowest BCUT2D eigenvalue weighted by Gasteiger charge is -2.15. The zero-order valence-electron chi connectivity index (χ0n) is 15.2. The third kappa shape index (κ3) is 3.58. The smallest absolute Gasteiger partial charge is 0.282 e. The lowest BCUT2D eigenvalue weighted by atomic mass is 10.1. The van der Waals surface area contributed by atoms with E-state index in [1.165, 1.54) is 33.5 Å². The second-order valence-electron chi connectivity index (χ2n) is 5.70. The summed E-state index contributed by atoms with van der Waals surface area (Å²) in [5.74, 6) is 0.135. The first-order valence-corrected chi connectivity index (χ1v) is 8.77. The van der Waals surface area contributed by atoms with Gasteiger partial charge in [-0.2, -0.15) is 0 Å². The zero-order chi connectivity index (χ0) is 20.4. The van der Waals surface area contributed by atoms with Crippen molar-refractivity contribution in [1.82, 2.24) is 5.43 Å². The van der Waals surface area contributed by atoms with Crippen LogP contribution in [0, 0.1) is 0 Å². The lowest BCUT2D eigenvalue weighted by Crippen LogP contribution is -2.35. The van der Waals surface area contributed by atoms with Gasteiger partial charge in [0.2, 0.25) is 5.75 Å². The molecule has 1 aliphatic rings. The highest BCUT2D eigenvalue weighted by atomic mass is 35.5. The molecule has 0 aliphatic carbocycles. The van der Waals surface area contributed by atoms with Crippen LogP contribution in [0.1, 0.15) is 5.56 Å². The Hall–Kier alpha value is -2.90. The van der Waals surface area contributed by atoms with Crippen molar-refractivity contribution < 1.29 is 23.8 Å². The number of hydrogen-bond donors (Lipinski definition) is 1. The van der Waals surface area contributed by atoms with Crippen LogP contribution in [0.25, 0.3) is 6.08 Å². The van der Waals surface area contributed by atoms with E-state index in [9.17, 15) is 9.59 Å². The quantitative estimate of drug-likeness (QED) is 0.589. The van der Waals surface area contributed by atoms with Gasteiger partial charge in [0.05, 0.1) is 37.1 Å². The highest BCUT2D eigenvalue weighted by Crippen LogP contribution is 2.39. The SMILES string of the molecule is COc1cc(/C=C2/C(=O)NN(c3ccc(Cl)c(Cl)c3)C2=O)cc(OC)c1OC. The maximum absolute atomic E-state index is 12.8. The maximum Gasteiger partial charge on any atom is 0.282 e. The van der Waals surface area contributed by atoms with Crippen LogP contribution < -0.4 is 24.6 Å². The third-order valence-electron chi connectivity index (χ3n) is 4.05. The average Bonchev–Trinajstić information content (AvgIpc) is 2.97. The minimum atomic E-state index is -0.551. The molecule has 7 nitrogen and oxygen atoms in total. The molecule has 1 N–H and O–H groups in total. The van der Waals surface area contributed by atoms with E-state index >= 15 is 0 Å². The number of anilines is 1. The standard InChI is InChI=1S/C19H16Cl2N2O5/c1-26-15-7-10(8-16(27-2)17(15)28-3)6-12-18(24)22-23(19(12)25)11-4-5-13(20)14(21)9-11/h4-9H,1-3H3,(H,22,24)/b12-6-. The van der Waals surface area contributed by atoms with Crippen molar-refractivity contribution >= 4 is 46.8 Å². The van der Waals surface area contributed by atoms with E-state index in [0.717, 1.165) is 5.01 Å². The summed E-state index contributed by atoms with van der Waals surface area (Å²) in [6, 6.07) is 7.88. The molecule has 0 aromatic heterocycles. The summed E-state index contributed by atoms with van der Waals surface area (Å²) in [5.41, 5.74) is 3.37. The Kier molecular flexibility index (Phi) is 5.67. The van der Waals surface area contributed by atoms with Crippen molar-refractivity contribution in [3.05, 3.63) is 51.5 Å². The van der Waals surface area contributed by atoms with Crippen LogP contribution in [0.3, 0.4) is 0 Å². The van der Waals surface area contributed by atoms with Crippen LogP contribution in [0.4, 0.5) is 5.69 Å². The van der Waals surface area contributed by atoms with Crippen LogP contribution in [0.15, 0.2) is 35.9 Å². The molecule has 1 saturated heterocycles. The van der Waals surface area contributed by atoms with Crippen LogP contribution in [-0.4, -0.2) is 33.1 Å². The van der Waals surface area contributed by atoms with Gasteiger partial charge in [-0.05, 0) is 42.0 Å². The lowest BCUT2D eigenvalue weighted by molar-refractivity contribution is -0.117. The predicted molar refractivity (Wildman–Crippen MR) is 106 cm³/mol. The summed E-state index contributed by atoms with van der Waals surface area (Å²) < 4.78 is 15.9. The Bertz CT molecular complexity index is 965. The van der Waals surface area contributed by atoms with Crippen molar-refractivity contribution in [3.63, 3.8) is 0 Å². The number of amides is 2. The number of methoxy groups -OCH3 is 3. The summed E-state index contributed by atoms with van der Waals surface area (Å²) in [6.07, 6.45) is 1.44. The molecule has 2 aromatic carbocycles. The number of carbonyl (C=O) groups is 2. The van der Waals surface area contributed by atoms with Crippen molar-refractivity contribution in [1.29, 1.82) is 0 Å². The molecule has 2 amide bonds. The fraction of sp³-hybridized carbons (Fsp3) is 0.158. The average molecular weight is 423 g/mol. The van der Waals surface area contributed by atoms with Gasteiger partial charge in [0, 0.05) is 0 Å². The largest absolute Gasteiger partial charge is 0.493 e. The normalized spacial score (nSPS) is 15.0. The van der Waals surface area contributed by atoms with Gasteiger partial charge in [-0.15, -0.1) is 0 Å². The van der Waals surface area contributed by atoms with E-state index in [1.54, 1.807) is 24.3 Å². The maximum atomic E-state index is 12.8. The second kappa shape index (κ2) is 8.00. The van der Waals surface area contributed by atoms with Crippen LogP contribution in [-0.2, 0) is 9.59 Å². The summed E-state index contributed by atoms with van der Waals surface area (Å²) in [4.78, 5) is 25.1. The molecule has 2 aromatic rings. The van der Waals surface area contributed by atoms with Gasteiger partial charge in [0.15, 0.2) is 11.5 Å².